The molecule has 2 rings (SSSR count). The first kappa shape index (κ1) is 24.3. The van der Waals surface area contributed by atoms with Crippen molar-refractivity contribution in [1.82, 2.24) is 15.5 Å². The van der Waals surface area contributed by atoms with E-state index in [9.17, 15) is 9.59 Å². The smallest absolute Gasteiger partial charge is 0.310 e. The molecule has 0 radical (unpaired) electrons. The SMILES string of the molecule is CCOC(=O)C1CCCN(C(=NC)NCCCNC(=O)c2occc2C)C1.I. The number of esters is 1. The van der Waals surface area contributed by atoms with Gasteiger partial charge in [0.25, 0.3) is 5.91 Å². The van der Waals surface area contributed by atoms with E-state index in [4.69, 9.17) is 9.15 Å². The van der Waals surface area contributed by atoms with Crippen molar-refractivity contribution < 1.29 is 18.7 Å². The Morgan fingerprint density at radius 3 is 2.75 bits per heavy atom. The molecule has 1 aliphatic rings. The van der Waals surface area contributed by atoms with E-state index in [-0.39, 0.29) is 41.8 Å². The predicted octanol–water partition coefficient (Wildman–Crippen LogP) is 2.18. The summed E-state index contributed by atoms with van der Waals surface area (Å²) < 4.78 is 10.3. The monoisotopic (exact) mass is 506 g/mol. The van der Waals surface area contributed by atoms with Crippen molar-refractivity contribution in [2.45, 2.75) is 33.1 Å². The van der Waals surface area contributed by atoms with Crippen LogP contribution < -0.4 is 10.6 Å². The number of carbonyl (C=O) groups excluding carboxylic acids is 2. The van der Waals surface area contributed by atoms with Gasteiger partial charge in [-0.25, -0.2) is 0 Å². The Hall–Kier alpha value is -1.78. The maximum atomic E-state index is 12.0. The molecule has 9 heteroatoms. The zero-order valence-electron chi connectivity index (χ0n) is 16.8. The van der Waals surface area contributed by atoms with Crippen LogP contribution in [0, 0.1) is 12.8 Å². The molecule has 0 bridgehead atoms. The third-order valence-corrected chi connectivity index (χ3v) is 4.54. The Bertz CT molecular complexity index is 662. The molecule has 1 atom stereocenters. The van der Waals surface area contributed by atoms with Crippen LogP contribution in [0.2, 0.25) is 0 Å². The third-order valence-electron chi connectivity index (χ3n) is 4.54. The predicted molar refractivity (Wildman–Crippen MR) is 118 cm³/mol. The molecular weight excluding hydrogens is 475 g/mol. The highest BCUT2D eigenvalue weighted by molar-refractivity contribution is 14.0. The standard InChI is InChI=1S/C19H30N4O4.HI/c1-4-26-18(25)15-7-5-11-23(13-15)19(20-3)22-10-6-9-21-17(24)16-14(2)8-12-27-16;/h8,12,15H,4-7,9-11,13H2,1-3H3,(H,20,22)(H,21,24);1H. The second-order valence-electron chi connectivity index (χ2n) is 6.55. The van der Waals surface area contributed by atoms with Crippen molar-refractivity contribution in [2.24, 2.45) is 10.9 Å². The van der Waals surface area contributed by atoms with Gasteiger partial charge in [-0.3, -0.25) is 14.6 Å². The number of furan rings is 1. The van der Waals surface area contributed by atoms with E-state index in [1.54, 1.807) is 13.1 Å². The lowest BCUT2D eigenvalue weighted by atomic mass is 9.98. The molecule has 1 aromatic heterocycles. The van der Waals surface area contributed by atoms with Crippen molar-refractivity contribution in [1.29, 1.82) is 0 Å². The van der Waals surface area contributed by atoms with Gasteiger partial charge < -0.3 is 24.7 Å². The Labute approximate surface area is 183 Å². The summed E-state index contributed by atoms with van der Waals surface area (Å²) in [6.07, 6.45) is 4.05. The molecule has 1 unspecified atom stereocenters. The maximum Gasteiger partial charge on any atom is 0.310 e. The number of nitrogens with one attached hydrogen (secondary N) is 2. The molecule has 1 aliphatic heterocycles. The summed E-state index contributed by atoms with van der Waals surface area (Å²) in [5.41, 5.74) is 0.826. The maximum absolute atomic E-state index is 12.0. The molecule has 0 aromatic carbocycles. The highest BCUT2D eigenvalue weighted by atomic mass is 127. The lowest BCUT2D eigenvalue weighted by Gasteiger charge is -2.33. The van der Waals surface area contributed by atoms with E-state index < -0.39 is 0 Å². The fourth-order valence-electron chi connectivity index (χ4n) is 3.13. The number of nitrogens with zero attached hydrogens (tertiary/aromatic N) is 2. The summed E-state index contributed by atoms with van der Waals surface area (Å²) in [7, 11) is 1.73. The quantitative estimate of drug-likeness (QED) is 0.194. The molecule has 28 heavy (non-hydrogen) atoms. The number of piperidine rings is 1. The molecule has 1 fully saturated rings. The topological polar surface area (TPSA) is 96.2 Å². The molecular formula is C19H31IN4O4. The van der Waals surface area contributed by atoms with Crippen molar-refractivity contribution in [3.05, 3.63) is 23.7 Å². The molecule has 2 heterocycles. The van der Waals surface area contributed by atoms with Crippen molar-refractivity contribution in [2.75, 3.05) is 39.8 Å². The number of hydrogen-bond donors (Lipinski definition) is 2. The van der Waals surface area contributed by atoms with E-state index in [0.29, 0.717) is 32.0 Å². The van der Waals surface area contributed by atoms with Crippen LogP contribution in [0.3, 0.4) is 0 Å². The van der Waals surface area contributed by atoms with Gasteiger partial charge in [-0.2, -0.15) is 0 Å². The first-order chi connectivity index (χ1) is 13.1. The molecule has 1 amide bonds. The van der Waals surface area contributed by atoms with Crippen LogP contribution in [0.1, 0.15) is 42.3 Å². The minimum absolute atomic E-state index is 0. The van der Waals surface area contributed by atoms with E-state index in [0.717, 1.165) is 37.3 Å². The second kappa shape index (κ2) is 12.6. The van der Waals surface area contributed by atoms with E-state index in [2.05, 4.69) is 20.5 Å². The van der Waals surface area contributed by atoms with Gasteiger partial charge in [0.05, 0.1) is 18.8 Å². The van der Waals surface area contributed by atoms with Crippen molar-refractivity contribution >= 4 is 41.8 Å². The average molecular weight is 506 g/mol. The number of aryl methyl sites for hydroxylation is 1. The fourth-order valence-corrected chi connectivity index (χ4v) is 3.13. The van der Waals surface area contributed by atoms with Gasteiger partial charge in [-0.15, -0.1) is 24.0 Å². The zero-order valence-corrected chi connectivity index (χ0v) is 19.2. The Morgan fingerprint density at radius 2 is 2.11 bits per heavy atom. The van der Waals surface area contributed by atoms with Crippen molar-refractivity contribution in [3.63, 3.8) is 0 Å². The van der Waals surface area contributed by atoms with Crippen LogP contribution in [0.5, 0.6) is 0 Å². The first-order valence-corrected chi connectivity index (χ1v) is 9.51. The zero-order chi connectivity index (χ0) is 19.6. The Kier molecular flexibility index (Phi) is 10.9. The molecule has 1 saturated heterocycles. The Morgan fingerprint density at radius 1 is 1.36 bits per heavy atom. The minimum atomic E-state index is -0.199. The highest BCUT2D eigenvalue weighted by Crippen LogP contribution is 2.18. The number of hydrogen-bond acceptors (Lipinski definition) is 5. The molecule has 0 saturated carbocycles. The molecule has 0 spiro atoms. The van der Waals surface area contributed by atoms with Gasteiger partial charge in [-0.05, 0) is 39.2 Å². The van der Waals surface area contributed by atoms with Gasteiger partial charge in [0, 0.05) is 38.8 Å². The first-order valence-electron chi connectivity index (χ1n) is 9.51. The number of guanidine groups is 1. The van der Waals surface area contributed by atoms with E-state index >= 15 is 0 Å². The van der Waals surface area contributed by atoms with Crippen LogP contribution in [-0.4, -0.2) is 62.6 Å². The Balaban J connectivity index is 0.00000392. The van der Waals surface area contributed by atoms with Crippen LogP contribution in [0.15, 0.2) is 21.7 Å². The van der Waals surface area contributed by atoms with Crippen LogP contribution in [0.25, 0.3) is 0 Å². The number of amides is 1. The molecule has 158 valence electrons. The summed E-state index contributed by atoms with van der Waals surface area (Å²) in [5.74, 6) is 0.700. The highest BCUT2D eigenvalue weighted by Gasteiger charge is 2.28. The molecule has 1 aromatic rings. The summed E-state index contributed by atoms with van der Waals surface area (Å²) in [6.45, 7) is 6.76. The number of likely N-dealkylation sites (tertiary alicyclic amines) is 1. The van der Waals surface area contributed by atoms with Gasteiger partial charge >= 0.3 is 5.97 Å². The molecule has 2 N–H and O–H groups in total. The van der Waals surface area contributed by atoms with E-state index in [1.807, 2.05) is 13.8 Å². The summed E-state index contributed by atoms with van der Waals surface area (Å²) in [4.78, 5) is 30.4. The fraction of sp³-hybridized carbons (Fsp3) is 0.632. The lowest BCUT2D eigenvalue weighted by Crippen LogP contribution is -2.48. The van der Waals surface area contributed by atoms with Crippen LogP contribution in [0.4, 0.5) is 0 Å². The molecule has 0 aliphatic carbocycles. The molecule has 8 nitrogen and oxygen atoms in total. The second-order valence-corrected chi connectivity index (χ2v) is 6.55. The summed E-state index contributed by atoms with van der Waals surface area (Å²) in [6, 6.07) is 1.77. The number of rotatable bonds is 7. The minimum Gasteiger partial charge on any atom is -0.466 e. The normalized spacial score (nSPS) is 16.9. The van der Waals surface area contributed by atoms with Crippen LogP contribution >= 0.6 is 24.0 Å². The van der Waals surface area contributed by atoms with Gasteiger partial charge in [0.1, 0.15) is 0 Å². The largest absolute Gasteiger partial charge is 0.466 e. The van der Waals surface area contributed by atoms with Gasteiger partial charge in [0.2, 0.25) is 0 Å². The number of carbonyl (C=O) groups is 2. The van der Waals surface area contributed by atoms with Gasteiger partial charge in [-0.1, -0.05) is 0 Å². The number of ether oxygens (including phenoxy) is 1. The van der Waals surface area contributed by atoms with Crippen LogP contribution in [-0.2, 0) is 9.53 Å². The summed E-state index contributed by atoms with van der Waals surface area (Å²) >= 11 is 0. The summed E-state index contributed by atoms with van der Waals surface area (Å²) in [5, 5.41) is 6.15. The van der Waals surface area contributed by atoms with Crippen molar-refractivity contribution in [3.8, 4) is 0 Å². The average Bonchev–Trinajstić information content (AvgIpc) is 3.11. The van der Waals surface area contributed by atoms with E-state index in [1.165, 1.54) is 6.26 Å². The number of aliphatic imine (C=N–C) groups is 1. The lowest BCUT2D eigenvalue weighted by molar-refractivity contribution is -0.149. The van der Waals surface area contributed by atoms with Gasteiger partial charge in [0.15, 0.2) is 11.7 Å². The number of halogens is 1. The third kappa shape index (κ3) is 6.99.